The van der Waals surface area contributed by atoms with Crippen molar-refractivity contribution >= 4 is 23.1 Å². The molecule has 0 unspecified atom stereocenters. The quantitative estimate of drug-likeness (QED) is 0.398. The van der Waals surface area contributed by atoms with Gasteiger partial charge >= 0.3 is 0 Å². The highest BCUT2D eigenvalue weighted by Crippen LogP contribution is 2.19. The van der Waals surface area contributed by atoms with Crippen LogP contribution in [0, 0.1) is 0 Å². The van der Waals surface area contributed by atoms with Crippen molar-refractivity contribution < 1.29 is 4.74 Å². The van der Waals surface area contributed by atoms with Gasteiger partial charge in [0.2, 0.25) is 0 Å². The number of nitrogens with one attached hydrogen (secondary N) is 1. The first-order valence-corrected chi connectivity index (χ1v) is 10.4. The Morgan fingerprint density at radius 2 is 1.72 bits per heavy atom. The van der Waals surface area contributed by atoms with Crippen molar-refractivity contribution in [1.82, 2.24) is 25.6 Å². The highest BCUT2D eigenvalue weighted by molar-refractivity contribution is 5.78. The van der Waals surface area contributed by atoms with Gasteiger partial charge in [0, 0.05) is 5.39 Å². The van der Waals surface area contributed by atoms with E-state index in [1.54, 1.807) is 0 Å². The van der Waals surface area contributed by atoms with Gasteiger partial charge in [0.25, 0.3) is 0 Å². The van der Waals surface area contributed by atoms with E-state index in [1.165, 1.54) is 11.1 Å². The van der Waals surface area contributed by atoms with E-state index in [9.17, 15) is 0 Å². The summed E-state index contributed by atoms with van der Waals surface area (Å²) < 4.78 is 6.01. The fourth-order valence-corrected chi connectivity index (χ4v) is 3.48. The number of aromatic nitrogens is 5. The lowest BCUT2D eigenvalue weighted by Crippen LogP contribution is -1.99. The lowest BCUT2D eigenvalue weighted by Gasteiger charge is -2.09. The lowest BCUT2D eigenvalue weighted by atomic mass is 10.0. The molecule has 5 aromatic rings. The zero-order chi connectivity index (χ0) is 21.6. The van der Waals surface area contributed by atoms with Crippen molar-refractivity contribution in [3.05, 3.63) is 113 Å². The average Bonchev–Trinajstić information content (AvgIpc) is 3.36. The van der Waals surface area contributed by atoms with E-state index >= 15 is 0 Å². The zero-order valence-corrected chi connectivity index (χ0v) is 17.3. The summed E-state index contributed by atoms with van der Waals surface area (Å²) in [4.78, 5) is 4.68. The van der Waals surface area contributed by atoms with Crippen molar-refractivity contribution in [2.24, 2.45) is 0 Å². The number of H-pyrrole nitrogens is 1. The number of rotatable bonds is 7. The number of fused-ring (bicyclic) bond motifs is 1. The average molecular weight is 419 g/mol. The van der Waals surface area contributed by atoms with Gasteiger partial charge in [-0.15, -0.1) is 10.2 Å². The molecule has 1 N–H and O–H groups in total. The molecule has 0 saturated heterocycles. The van der Waals surface area contributed by atoms with Gasteiger partial charge in [-0.2, -0.15) is 5.21 Å². The van der Waals surface area contributed by atoms with Gasteiger partial charge in [-0.25, -0.2) is 4.98 Å². The standard InChI is InChI=1S/C26H21N5O/c1-2-7-25-22(5-1)13-14-23(27-25)18-32-24-6-3-4-21(17-24)16-20-10-8-19(9-11-20)12-15-26-28-30-31-29-26/h1-15,17H,16,18H2,(H,28,29,30,31). The predicted molar refractivity (Wildman–Crippen MR) is 125 cm³/mol. The van der Waals surface area contributed by atoms with Crippen LogP contribution < -0.4 is 4.74 Å². The molecule has 0 amide bonds. The van der Waals surface area contributed by atoms with E-state index < -0.39 is 0 Å². The first kappa shape index (κ1) is 19.6. The minimum Gasteiger partial charge on any atom is -0.487 e. The van der Waals surface area contributed by atoms with Crippen LogP contribution in [0.3, 0.4) is 0 Å². The van der Waals surface area contributed by atoms with Gasteiger partial charge in [-0.3, -0.25) is 0 Å². The van der Waals surface area contributed by atoms with Gasteiger partial charge in [-0.05, 0) is 58.7 Å². The fraction of sp³-hybridized carbons (Fsp3) is 0.0769. The molecule has 0 aliphatic heterocycles. The Labute approximate surface area is 185 Å². The topological polar surface area (TPSA) is 76.6 Å². The second-order valence-corrected chi connectivity index (χ2v) is 7.45. The van der Waals surface area contributed by atoms with E-state index in [1.807, 2.05) is 48.6 Å². The molecule has 5 rings (SSSR count). The maximum absolute atomic E-state index is 6.01. The fourth-order valence-electron chi connectivity index (χ4n) is 3.48. The molecule has 6 nitrogen and oxygen atoms in total. The van der Waals surface area contributed by atoms with Crippen LogP contribution in [0.4, 0.5) is 0 Å². The van der Waals surface area contributed by atoms with Crippen LogP contribution in [-0.4, -0.2) is 25.6 Å². The minimum atomic E-state index is 0.440. The number of tetrazole rings is 1. The summed E-state index contributed by atoms with van der Waals surface area (Å²) in [6, 6.07) is 28.8. The molecule has 32 heavy (non-hydrogen) atoms. The number of hydrogen-bond acceptors (Lipinski definition) is 5. The van der Waals surface area contributed by atoms with Crippen LogP contribution in [0.5, 0.6) is 5.75 Å². The Morgan fingerprint density at radius 1 is 0.812 bits per heavy atom. The molecule has 0 saturated carbocycles. The molecule has 0 aliphatic rings. The Balaban J connectivity index is 1.21. The SMILES string of the molecule is C(=Cc1nn[nH]n1)c1ccc(Cc2cccc(OCc3ccc4ccccc4n3)c2)cc1. The van der Waals surface area contributed by atoms with Gasteiger partial charge < -0.3 is 4.74 Å². The Morgan fingerprint density at radius 3 is 2.59 bits per heavy atom. The highest BCUT2D eigenvalue weighted by atomic mass is 16.5. The first-order valence-electron chi connectivity index (χ1n) is 10.4. The Kier molecular flexibility index (Phi) is 5.66. The summed E-state index contributed by atoms with van der Waals surface area (Å²) in [5.74, 6) is 1.40. The van der Waals surface area contributed by atoms with Crippen molar-refractivity contribution in [2.45, 2.75) is 13.0 Å². The summed E-state index contributed by atoms with van der Waals surface area (Å²) in [5, 5.41) is 14.9. The van der Waals surface area contributed by atoms with Crippen LogP contribution in [0.2, 0.25) is 0 Å². The summed E-state index contributed by atoms with van der Waals surface area (Å²) >= 11 is 0. The maximum atomic E-state index is 6.01. The van der Waals surface area contributed by atoms with E-state index in [-0.39, 0.29) is 0 Å². The molecule has 0 radical (unpaired) electrons. The van der Waals surface area contributed by atoms with Crippen LogP contribution in [0.1, 0.15) is 28.2 Å². The molecule has 3 aromatic carbocycles. The van der Waals surface area contributed by atoms with Gasteiger partial charge in [0.15, 0.2) is 5.82 Å². The molecule has 0 atom stereocenters. The second kappa shape index (κ2) is 9.22. The number of nitrogens with zero attached hydrogens (tertiary/aromatic N) is 4. The molecule has 2 heterocycles. The maximum Gasteiger partial charge on any atom is 0.197 e. The lowest BCUT2D eigenvalue weighted by molar-refractivity contribution is 0.301. The van der Waals surface area contributed by atoms with E-state index in [0.717, 1.165) is 34.3 Å². The summed E-state index contributed by atoms with van der Waals surface area (Å²) in [5.41, 5.74) is 5.41. The smallest absolute Gasteiger partial charge is 0.197 e. The monoisotopic (exact) mass is 419 g/mol. The third-order valence-electron chi connectivity index (χ3n) is 5.12. The van der Waals surface area contributed by atoms with Gasteiger partial charge in [0.05, 0.1) is 11.2 Å². The molecule has 2 aromatic heterocycles. The third kappa shape index (κ3) is 4.87. The second-order valence-electron chi connectivity index (χ2n) is 7.45. The van der Waals surface area contributed by atoms with Crippen molar-refractivity contribution in [3.63, 3.8) is 0 Å². The normalized spacial score (nSPS) is 11.2. The number of hydrogen-bond donors (Lipinski definition) is 1. The zero-order valence-electron chi connectivity index (χ0n) is 17.3. The molecular formula is C26H21N5O. The van der Waals surface area contributed by atoms with Crippen molar-refractivity contribution in [2.75, 3.05) is 0 Å². The minimum absolute atomic E-state index is 0.440. The summed E-state index contributed by atoms with van der Waals surface area (Å²) in [7, 11) is 0. The molecule has 156 valence electrons. The van der Waals surface area contributed by atoms with Crippen molar-refractivity contribution in [3.8, 4) is 5.75 Å². The van der Waals surface area contributed by atoms with E-state index in [0.29, 0.717) is 12.4 Å². The Bertz CT molecular complexity index is 1340. The number of benzene rings is 3. The van der Waals surface area contributed by atoms with E-state index in [2.05, 4.69) is 74.1 Å². The third-order valence-corrected chi connectivity index (χ3v) is 5.12. The Hall–Kier alpha value is -4.32. The van der Waals surface area contributed by atoms with E-state index in [4.69, 9.17) is 4.74 Å². The molecule has 0 aliphatic carbocycles. The molecular weight excluding hydrogens is 398 g/mol. The number of ether oxygens (including phenoxy) is 1. The van der Waals surface area contributed by atoms with Crippen molar-refractivity contribution in [1.29, 1.82) is 0 Å². The highest BCUT2D eigenvalue weighted by Gasteiger charge is 2.03. The molecule has 6 heteroatoms. The number of para-hydroxylation sites is 1. The van der Waals surface area contributed by atoms with Gasteiger partial charge in [-0.1, -0.05) is 66.7 Å². The van der Waals surface area contributed by atoms with Crippen LogP contribution in [0.25, 0.3) is 23.1 Å². The van der Waals surface area contributed by atoms with Crippen LogP contribution in [-0.2, 0) is 13.0 Å². The number of aromatic amines is 1. The molecule has 0 spiro atoms. The largest absolute Gasteiger partial charge is 0.487 e. The van der Waals surface area contributed by atoms with Gasteiger partial charge in [0.1, 0.15) is 12.4 Å². The van der Waals surface area contributed by atoms with Crippen LogP contribution >= 0.6 is 0 Å². The predicted octanol–water partition coefficient (Wildman–Crippen LogP) is 5.09. The number of pyridine rings is 1. The summed E-state index contributed by atoms with van der Waals surface area (Å²) in [6.45, 7) is 0.440. The summed E-state index contributed by atoms with van der Waals surface area (Å²) in [6.07, 6.45) is 4.62. The first-order chi connectivity index (χ1) is 15.8. The van der Waals surface area contributed by atoms with Crippen LogP contribution in [0.15, 0.2) is 84.9 Å². The molecule has 0 bridgehead atoms. The molecule has 0 fully saturated rings.